The van der Waals surface area contributed by atoms with Crippen molar-refractivity contribution in [2.45, 2.75) is 19.5 Å². The van der Waals surface area contributed by atoms with Gasteiger partial charge in [-0.25, -0.2) is 13.2 Å². The zero-order valence-electron chi connectivity index (χ0n) is 16.0. The molecular formula is C23H17F3N2O2. The van der Waals surface area contributed by atoms with Crippen molar-refractivity contribution in [3.63, 3.8) is 0 Å². The van der Waals surface area contributed by atoms with Crippen LogP contribution in [0.2, 0.25) is 0 Å². The molecular weight excluding hydrogens is 393 g/mol. The van der Waals surface area contributed by atoms with Crippen molar-refractivity contribution in [3.8, 4) is 0 Å². The molecule has 0 N–H and O–H groups in total. The molecule has 30 heavy (non-hydrogen) atoms. The zero-order chi connectivity index (χ0) is 21.4. The lowest BCUT2D eigenvalue weighted by Gasteiger charge is -2.40. The van der Waals surface area contributed by atoms with E-state index in [9.17, 15) is 22.8 Å². The lowest BCUT2D eigenvalue weighted by molar-refractivity contribution is -0.119. The molecule has 152 valence electrons. The fourth-order valence-electron chi connectivity index (χ4n) is 3.63. The highest BCUT2D eigenvalue weighted by Crippen LogP contribution is 2.38. The van der Waals surface area contributed by atoms with Crippen LogP contribution in [0.3, 0.4) is 0 Å². The maximum absolute atomic E-state index is 14.2. The summed E-state index contributed by atoms with van der Waals surface area (Å²) in [5.41, 5.74) is 0.254. The second-order valence-corrected chi connectivity index (χ2v) is 6.95. The number of nitrogens with zero attached hydrogens (tertiary/aromatic N) is 2. The number of halogens is 3. The molecule has 0 saturated carbocycles. The lowest BCUT2D eigenvalue weighted by Crippen LogP contribution is -2.54. The Bertz CT molecular complexity index is 1130. The molecule has 1 aliphatic heterocycles. The van der Waals surface area contributed by atoms with Crippen molar-refractivity contribution in [1.82, 2.24) is 0 Å². The number of anilines is 2. The van der Waals surface area contributed by atoms with E-state index in [0.717, 1.165) is 23.1 Å². The molecule has 1 aliphatic rings. The number of hydrogen-bond acceptors (Lipinski definition) is 2. The van der Waals surface area contributed by atoms with Gasteiger partial charge in [-0.2, -0.15) is 0 Å². The minimum atomic E-state index is -1.04. The Morgan fingerprint density at radius 3 is 2.07 bits per heavy atom. The Labute approximate surface area is 171 Å². The SMILES string of the molecule is C[C@@H]1C(=O)N(Cc2ccccc2F)c2ccccc2N1C(=O)c1c(F)cccc1F. The topological polar surface area (TPSA) is 40.6 Å². The standard InChI is InChI=1S/C23H17F3N2O2/c1-14-22(29)27(13-15-7-2-3-8-16(15)24)19-11-4-5-12-20(19)28(14)23(30)21-17(25)9-6-10-18(21)26/h2-12,14H,13H2,1H3/t14-/m1/s1. The second-order valence-electron chi connectivity index (χ2n) is 6.95. The van der Waals surface area contributed by atoms with Crippen LogP contribution in [0.5, 0.6) is 0 Å². The zero-order valence-corrected chi connectivity index (χ0v) is 16.0. The number of benzene rings is 3. The van der Waals surface area contributed by atoms with Crippen LogP contribution in [0.4, 0.5) is 24.5 Å². The highest BCUT2D eigenvalue weighted by Gasteiger charge is 2.40. The number of fused-ring (bicyclic) bond motifs is 1. The van der Waals surface area contributed by atoms with Gasteiger partial charge < -0.3 is 4.90 Å². The predicted molar refractivity (Wildman–Crippen MR) is 107 cm³/mol. The second kappa shape index (κ2) is 7.67. The largest absolute Gasteiger partial charge is 0.304 e. The van der Waals surface area contributed by atoms with E-state index in [1.165, 1.54) is 17.9 Å². The van der Waals surface area contributed by atoms with Gasteiger partial charge in [0.2, 0.25) is 5.91 Å². The van der Waals surface area contributed by atoms with Crippen LogP contribution in [0.15, 0.2) is 66.7 Å². The molecule has 1 heterocycles. The van der Waals surface area contributed by atoms with Crippen LogP contribution in [0.25, 0.3) is 0 Å². The molecule has 7 heteroatoms. The summed E-state index contributed by atoms with van der Waals surface area (Å²) in [4.78, 5) is 28.7. The summed E-state index contributed by atoms with van der Waals surface area (Å²) in [6.45, 7) is 1.44. The Hall–Kier alpha value is -3.61. The number of carbonyl (C=O) groups is 2. The Morgan fingerprint density at radius 1 is 0.833 bits per heavy atom. The van der Waals surface area contributed by atoms with Gasteiger partial charge in [-0.15, -0.1) is 0 Å². The van der Waals surface area contributed by atoms with E-state index in [4.69, 9.17) is 0 Å². The van der Waals surface area contributed by atoms with Crippen LogP contribution >= 0.6 is 0 Å². The van der Waals surface area contributed by atoms with Crippen molar-refractivity contribution >= 4 is 23.2 Å². The first-order chi connectivity index (χ1) is 14.4. The maximum Gasteiger partial charge on any atom is 0.265 e. The molecule has 0 aliphatic carbocycles. The van der Waals surface area contributed by atoms with Gasteiger partial charge in [0, 0.05) is 5.56 Å². The Kier molecular flexibility index (Phi) is 5.03. The van der Waals surface area contributed by atoms with E-state index >= 15 is 0 Å². The van der Waals surface area contributed by atoms with Gasteiger partial charge >= 0.3 is 0 Å². The fraction of sp³-hybridized carbons (Fsp3) is 0.130. The number of carbonyl (C=O) groups excluding carboxylic acids is 2. The molecule has 0 bridgehead atoms. The number of amides is 2. The molecule has 1 atom stereocenters. The molecule has 0 saturated heterocycles. The van der Waals surface area contributed by atoms with Crippen LogP contribution < -0.4 is 9.80 Å². The summed E-state index contributed by atoms with van der Waals surface area (Å²) in [7, 11) is 0. The third kappa shape index (κ3) is 3.22. The average molecular weight is 410 g/mol. The van der Waals surface area contributed by atoms with Gasteiger partial charge in [0.1, 0.15) is 29.1 Å². The van der Waals surface area contributed by atoms with E-state index in [1.54, 1.807) is 42.5 Å². The van der Waals surface area contributed by atoms with Crippen LogP contribution in [-0.2, 0) is 11.3 Å². The molecule has 0 spiro atoms. The fourth-order valence-corrected chi connectivity index (χ4v) is 3.63. The van der Waals surface area contributed by atoms with E-state index in [2.05, 4.69) is 0 Å². The minimum Gasteiger partial charge on any atom is -0.304 e. The van der Waals surface area contributed by atoms with Crippen molar-refractivity contribution in [2.75, 3.05) is 9.80 Å². The van der Waals surface area contributed by atoms with Gasteiger partial charge in [0.05, 0.1) is 17.9 Å². The van der Waals surface area contributed by atoms with Gasteiger partial charge in [-0.05, 0) is 37.3 Å². The summed E-state index contributed by atoms with van der Waals surface area (Å²) in [5.74, 6) is -3.91. The monoisotopic (exact) mass is 410 g/mol. The van der Waals surface area contributed by atoms with Gasteiger partial charge in [-0.3, -0.25) is 14.5 Å². The first kappa shape index (κ1) is 19.7. The predicted octanol–water partition coefficient (Wildman–Crippen LogP) is 4.69. The summed E-state index contributed by atoms with van der Waals surface area (Å²) < 4.78 is 42.7. The summed E-state index contributed by atoms with van der Waals surface area (Å²) >= 11 is 0. The normalized spacial score (nSPS) is 15.9. The summed E-state index contributed by atoms with van der Waals surface area (Å²) in [5, 5.41) is 0. The quantitative estimate of drug-likeness (QED) is 0.629. The van der Waals surface area contributed by atoms with Gasteiger partial charge in [0.15, 0.2) is 0 Å². The third-order valence-electron chi connectivity index (χ3n) is 5.12. The maximum atomic E-state index is 14.2. The highest BCUT2D eigenvalue weighted by molar-refractivity contribution is 6.17. The highest BCUT2D eigenvalue weighted by atomic mass is 19.1. The number of hydrogen-bond donors (Lipinski definition) is 0. The third-order valence-corrected chi connectivity index (χ3v) is 5.12. The Morgan fingerprint density at radius 2 is 1.40 bits per heavy atom. The van der Waals surface area contributed by atoms with Crippen molar-refractivity contribution in [2.24, 2.45) is 0 Å². The first-order valence-corrected chi connectivity index (χ1v) is 9.31. The molecule has 0 aromatic heterocycles. The molecule has 0 fully saturated rings. The van der Waals surface area contributed by atoms with Crippen LogP contribution in [0.1, 0.15) is 22.8 Å². The van der Waals surface area contributed by atoms with Crippen LogP contribution in [0, 0.1) is 17.5 Å². The lowest BCUT2D eigenvalue weighted by atomic mass is 10.0. The molecule has 0 unspecified atom stereocenters. The summed E-state index contributed by atoms with van der Waals surface area (Å²) in [6, 6.07) is 14.7. The molecule has 2 amide bonds. The first-order valence-electron chi connectivity index (χ1n) is 9.31. The Balaban J connectivity index is 1.80. The van der Waals surface area contributed by atoms with E-state index in [1.807, 2.05) is 0 Å². The van der Waals surface area contributed by atoms with Crippen molar-refractivity contribution < 1.29 is 22.8 Å². The van der Waals surface area contributed by atoms with Crippen LogP contribution in [-0.4, -0.2) is 17.9 Å². The van der Waals surface area contributed by atoms with Crippen molar-refractivity contribution in [3.05, 3.63) is 95.3 Å². The summed E-state index contributed by atoms with van der Waals surface area (Å²) in [6.07, 6.45) is 0. The van der Waals surface area contributed by atoms with Crippen molar-refractivity contribution in [1.29, 1.82) is 0 Å². The number of para-hydroxylation sites is 2. The van der Waals surface area contributed by atoms with E-state index in [0.29, 0.717) is 16.9 Å². The minimum absolute atomic E-state index is 0.0387. The number of rotatable bonds is 3. The molecule has 3 aromatic carbocycles. The smallest absolute Gasteiger partial charge is 0.265 e. The van der Waals surface area contributed by atoms with E-state index in [-0.39, 0.29) is 6.54 Å². The molecule has 4 nitrogen and oxygen atoms in total. The van der Waals surface area contributed by atoms with E-state index < -0.39 is 40.9 Å². The molecule has 0 radical (unpaired) electrons. The van der Waals surface area contributed by atoms with Gasteiger partial charge in [-0.1, -0.05) is 36.4 Å². The molecule has 3 aromatic rings. The van der Waals surface area contributed by atoms with Gasteiger partial charge in [0.25, 0.3) is 5.91 Å². The average Bonchev–Trinajstić information content (AvgIpc) is 2.72. The molecule has 4 rings (SSSR count).